The molecule has 0 fully saturated rings. The second-order valence-electron chi connectivity index (χ2n) is 5.08. The number of hydrogen-bond donors (Lipinski definition) is 2. The highest BCUT2D eigenvalue weighted by molar-refractivity contribution is 5.98. The van der Waals surface area contributed by atoms with Crippen LogP contribution in [0, 0.1) is 0 Å². The third-order valence-corrected chi connectivity index (χ3v) is 3.32. The minimum atomic E-state index is -0.520. The minimum Gasteiger partial charge on any atom is -0.485 e. The average molecular weight is 326 g/mol. The van der Waals surface area contributed by atoms with Gasteiger partial charge in [0.15, 0.2) is 12.4 Å². The number of ketones is 1. The zero-order valence-corrected chi connectivity index (χ0v) is 13.2. The smallest absolute Gasteiger partial charge is 0.248 e. The number of nitrogens with one attached hydrogen (secondary N) is 1. The first-order valence-corrected chi connectivity index (χ1v) is 7.45. The van der Waals surface area contributed by atoms with Crippen LogP contribution in [0.5, 0.6) is 5.75 Å². The van der Waals surface area contributed by atoms with Crippen LogP contribution in [-0.4, -0.2) is 24.2 Å². The Bertz CT molecular complexity index is 737. The number of Topliss-reactive ketones (excluding diaryl/α,β-unsaturated/α-hetero) is 1. The SMILES string of the molecule is CCC(=O)Nc1ccc(C(=O)COc2ccc(C(N)=O)cc2)cc1. The lowest BCUT2D eigenvalue weighted by atomic mass is 10.1. The Morgan fingerprint density at radius 3 is 2.08 bits per heavy atom. The van der Waals surface area contributed by atoms with Crippen LogP contribution in [0.15, 0.2) is 48.5 Å². The van der Waals surface area contributed by atoms with E-state index in [9.17, 15) is 14.4 Å². The minimum absolute atomic E-state index is 0.0863. The number of hydrogen-bond acceptors (Lipinski definition) is 4. The van der Waals surface area contributed by atoms with E-state index in [1.165, 1.54) is 12.1 Å². The van der Waals surface area contributed by atoms with Crippen molar-refractivity contribution in [1.29, 1.82) is 0 Å². The highest BCUT2D eigenvalue weighted by Gasteiger charge is 2.08. The summed E-state index contributed by atoms with van der Waals surface area (Å²) >= 11 is 0. The van der Waals surface area contributed by atoms with Gasteiger partial charge in [-0.15, -0.1) is 0 Å². The molecule has 2 amide bonds. The molecule has 3 N–H and O–H groups in total. The van der Waals surface area contributed by atoms with Gasteiger partial charge in [0.05, 0.1) is 0 Å². The molecule has 0 atom stereocenters. The second-order valence-corrected chi connectivity index (χ2v) is 5.08. The van der Waals surface area contributed by atoms with Crippen molar-refractivity contribution in [1.82, 2.24) is 0 Å². The first-order chi connectivity index (χ1) is 11.5. The van der Waals surface area contributed by atoms with E-state index in [4.69, 9.17) is 10.5 Å². The molecule has 0 saturated heterocycles. The maximum atomic E-state index is 12.1. The first kappa shape index (κ1) is 17.2. The molecule has 124 valence electrons. The van der Waals surface area contributed by atoms with Gasteiger partial charge in [0, 0.05) is 23.2 Å². The molecule has 0 spiro atoms. The van der Waals surface area contributed by atoms with Gasteiger partial charge in [0.2, 0.25) is 11.8 Å². The van der Waals surface area contributed by atoms with Gasteiger partial charge in [-0.25, -0.2) is 0 Å². The van der Waals surface area contributed by atoms with Crippen LogP contribution in [0.25, 0.3) is 0 Å². The van der Waals surface area contributed by atoms with Crippen molar-refractivity contribution in [3.8, 4) is 5.75 Å². The summed E-state index contributed by atoms with van der Waals surface area (Å²) in [7, 11) is 0. The summed E-state index contributed by atoms with van der Waals surface area (Å²) in [5.74, 6) is -0.327. The molecule has 0 bridgehead atoms. The van der Waals surface area contributed by atoms with E-state index in [1.54, 1.807) is 43.3 Å². The number of amides is 2. The quantitative estimate of drug-likeness (QED) is 0.763. The molecule has 0 unspecified atom stereocenters. The van der Waals surface area contributed by atoms with Crippen LogP contribution in [0.3, 0.4) is 0 Å². The zero-order chi connectivity index (χ0) is 17.5. The van der Waals surface area contributed by atoms with Gasteiger partial charge in [0.1, 0.15) is 5.75 Å². The standard InChI is InChI=1S/C18H18N2O4/c1-2-17(22)20-14-7-3-12(4-8-14)16(21)11-24-15-9-5-13(6-10-15)18(19)23/h3-10H,2,11H2,1H3,(H2,19,23)(H,20,22). The van der Waals surface area contributed by atoms with Gasteiger partial charge >= 0.3 is 0 Å². The molecule has 0 heterocycles. The third-order valence-electron chi connectivity index (χ3n) is 3.32. The molecule has 0 aliphatic rings. The Morgan fingerprint density at radius 2 is 1.54 bits per heavy atom. The van der Waals surface area contributed by atoms with Crippen LogP contribution in [0.4, 0.5) is 5.69 Å². The second kappa shape index (κ2) is 7.92. The van der Waals surface area contributed by atoms with Crippen molar-refractivity contribution in [2.45, 2.75) is 13.3 Å². The van der Waals surface area contributed by atoms with Gasteiger partial charge in [-0.1, -0.05) is 6.92 Å². The number of primary amides is 1. The Morgan fingerprint density at radius 1 is 0.958 bits per heavy atom. The van der Waals surface area contributed by atoms with E-state index in [1.807, 2.05) is 0 Å². The predicted octanol–water partition coefficient (Wildman–Crippen LogP) is 2.40. The van der Waals surface area contributed by atoms with E-state index < -0.39 is 5.91 Å². The summed E-state index contributed by atoms with van der Waals surface area (Å²) in [5, 5.41) is 2.71. The highest BCUT2D eigenvalue weighted by Crippen LogP contribution is 2.14. The molecule has 0 aliphatic heterocycles. The summed E-state index contributed by atoms with van der Waals surface area (Å²) in [4.78, 5) is 34.4. The lowest BCUT2D eigenvalue weighted by Crippen LogP contribution is -2.13. The van der Waals surface area contributed by atoms with E-state index in [0.29, 0.717) is 29.0 Å². The Balaban J connectivity index is 1.92. The van der Waals surface area contributed by atoms with Crippen LogP contribution < -0.4 is 15.8 Å². The molecule has 6 heteroatoms. The van der Waals surface area contributed by atoms with Crippen molar-refractivity contribution in [3.05, 3.63) is 59.7 Å². The number of carbonyl (C=O) groups excluding carboxylic acids is 3. The molecule has 24 heavy (non-hydrogen) atoms. The number of ether oxygens (including phenoxy) is 1. The van der Waals surface area contributed by atoms with E-state index >= 15 is 0 Å². The lowest BCUT2D eigenvalue weighted by molar-refractivity contribution is -0.115. The topological polar surface area (TPSA) is 98.5 Å². The lowest BCUT2D eigenvalue weighted by Gasteiger charge is -2.07. The predicted molar refractivity (Wildman–Crippen MR) is 90.1 cm³/mol. The Kier molecular flexibility index (Phi) is 5.68. The maximum Gasteiger partial charge on any atom is 0.248 e. The van der Waals surface area contributed by atoms with Crippen molar-refractivity contribution in [3.63, 3.8) is 0 Å². The van der Waals surface area contributed by atoms with Crippen molar-refractivity contribution >= 4 is 23.3 Å². The number of carbonyl (C=O) groups is 3. The largest absolute Gasteiger partial charge is 0.485 e. The van der Waals surface area contributed by atoms with E-state index in [0.717, 1.165) is 0 Å². The summed E-state index contributed by atoms with van der Waals surface area (Å²) in [6.07, 6.45) is 0.392. The molecule has 6 nitrogen and oxygen atoms in total. The van der Waals surface area contributed by atoms with Crippen molar-refractivity contribution in [2.24, 2.45) is 5.73 Å². The Labute approximate surface area is 139 Å². The molecule has 0 aliphatic carbocycles. The molecule has 0 saturated carbocycles. The summed E-state index contributed by atoms with van der Waals surface area (Å²) in [6.45, 7) is 1.64. The molecule has 2 rings (SSSR count). The molecule has 2 aromatic rings. The third kappa shape index (κ3) is 4.67. The average Bonchev–Trinajstić information content (AvgIpc) is 2.60. The van der Waals surface area contributed by atoms with Gasteiger partial charge in [-0.3, -0.25) is 14.4 Å². The fourth-order valence-corrected chi connectivity index (χ4v) is 1.94. The molecular formula is C18H18N2O4. The number of benzene rings is 2. The van der Waals surface area contributed by atoms with Crippen LogP contribution in [-0.2, 0) is 4.79 Å². The monoisotopic (exact) mass is 326 g/mol. The normalized spacial score (nSPS) is 10.0. The van der Waals surface area contributed by atoms with Gasteiger partial charge in [-0.05, 0) is 48.5 Å². The molecule has 0 aromatic heterocycles. The Hall–Kier alpha value is -3.15. The first-order valence-electron chi connectivity index (χ1n) is 7.45. The number of anilines is 1. The van der Waals surface area contributed by atoms with Gasteiger partial charge < -0.3 is 15.8 Å². The summed E-state index contributed by atoms with van der Waals surface area (Å²) in [6, 6.07) is 12.8. The maximum absolute atomic E-state index is 12.1. The van der Waals surface area contributed by atoms with E-state index in [2.05, 4.69) is 5.32 Å². The van der Waals surface area contributed by atoms with Crippen LogP contribution in [0.1, 0.15) is 34.1 Å². The van der Waals surface area contributed by atoms with Crippen LogP contribution >= 0.6 is 0 Å². The number of rotatable bonds is 7. The summed E-state index contributed by atoms with van der Waals surface area (Å²) in [5.41, 5.74) is 6.65. The molecule has 0 radical (unpaired) electrons. The molecular weight excluding hydrogens is 308 g/mol. The van der Waals surface area contributed by atoms with E-state index in [-0.39, 0.29) is 18.3 Å². The van der Waals surface area contributed by atoms with Crippen LogP contribution in [0.2, 0.25) is 0 Å². The zero-order valence-electron chi connectivity index (χ0n) is 13.2. The van der Waals surface area contributed by atoms with Crippen molar-refractivity contribution < 1.29 is 19.1 Å². The number of nitrogens with two attached hydrogens (primary N) is 1. The molecule has 2 aromatic carbocycles. The fourth-order valence-electron chi connectivity index (χ4n) is 1.94. The van der Waals surface area contributed by atoms with Crippen molar-refractivity contribution in [2.75, 3.05) is 11.9 Å². The fraction of sp³-hybridized carbons (Fsp3) is 0.167. The van der Waals surface area contributed by atoms with Gasteiger partial charge in [0.25, 0.3) is 0 Å². The van der Waals surface area contributed by atoms with Gasteiger partial charge in [-0.2, -0.15) is 0 Å². The highest BCUT2D eigenvalue weighted by atomic mass is 16.5. The summed E-state index contributed by atoms with van der Waals surface area (Å²) < 4.78 is 5.40.